The van der Waals surface area contributed by atoms with Crippen molar-refractivity contribution in [2.75, 3.05) is 18.4 Å². The third-order valence-corrected chi connectivity index (χ3v) is 4.41. The van der Waals surface area contributed by atoms with Gasteiger partial charge in [-0.05, 0) is 43.4 Å². The number of para-hydroxylation sites is 1. The van der Waals surface area contributed by atoms with E-state index in [0.29, 0.717) is 12.6 Å². The summed E-state index contributed by atoms with van der Waals surface area (Å²) in [5.74, 6) is 0. The highest BCUT2D eigenvalue weighted by Gasteiger charge is 2.25. The van der Waals surface area contributed by atoms with Gasteiger partial charge in [0.2, 0.25) is 0 Å². The van der Waals surface area contributed by atoms with E-state index >= 15 is 0 Å². The Morgan fingerprint density at radius 1 is 1.32 bits per heavy atom. The van der Waals surface area contributed by atoms with Crippen LogP contribution in [0.3, 0.4) is 0 Å². The topological polar surface area (TPSA) is 67.3 Å². The first-order valence-electron chi connectivity index (χ1n) is 8.75. The summed E-state index contributed by atoms with van der Waals surface area (Å²) >= 11 is 0. The number of piperidine rings is 1. The van der Waals surface area contributed by atoms with Gasteiger partial charge in [0.25, 0.3) is 0 Å². The number of ether oxygens (including phenoxy) is 1. The molecule has 1 aromatic heterocycles. The number of anilines is 1. The summed E-state index contributed by atoms with van der Waals surface area (Å²) in [5.41, 5.74) is 2.97. The molecule has 2 heterocycles. The first-order valence-corrected chi connectivity index (χ1v) is 8.75. The molecule has 2 aromatic rings. The standard InChI is InChI=1S/C19H24N4O2/c1-3-15-11-20-18(21-12-15)25-16-8-6-10-23(13-16)19(24)22-17-9-5-4-7-14(17)2/h4-5,7,9,11-12,16H,3,6,8,10,13H2,1-2H3,(H,22,24). The number of carbonyl (C=O) groups excluding carboxylic acids is 1. The van der Waals surface area contributed by atoms with Gasteiger partial charge in [-0.1, -0.05) is 25.1 Å². The van der Waals surface area contributed by atoms with Crippen molar-refractivity contribution in [3.63, 3.8) is 0 Å². The zero-order chi connectivity index (χ0) is 17.6. The van der Waals surface area contributed by atoms with E-state index in [1.165, 1.54) is 0 Å². The van der Waals surface area contributed by atoms with Crippen molar-refractivity contribution >= 4 is 11.7 Å². The Hall–Kier alpha value is -2.63. The van der Waals surface area contributed by atoms with Crippen molar-refractivity contribution in [3.8, 4) is 6.01 Å². The number of likely N-dealkylation sites (tertiary alicyclic amines) is 1. The zero-order valence-corrected chi connectivity index (χ0v) is 14.7. The molecule has 6 nitrogen and oxygen atoms in total. The molecule has 1 N–H and O–H groups in total. The third-order valence-electron chi connectivity index (χ3n) is 4.41. The van der Waals surface area contributed by atoms with Crippen molar-refractivity contribution in [3.05, 3.63) is 47.8 Å². The van der Waals surface area contributed by atoms with Crippen LogP contribution in [-0.2, 0) is 6.42 Å². The molecule has 1 atom stereocenters. The SMILES string of the molecule is CCc1cnc(OC2CCCN(C(=O)Nc3ccccc3C)C2)nc1. The molecule has 132 valence electrons. The van der Waals surface area contributed by atoms with Gasteiger partial charge in [-0.15, -0.1) is 0 Å². The van der Waals surface area contributed by atoms with Gasteiger partial charge in [0.15, 0.2) is 0 Å². The van der Waals surface area contributed by atoms with E-state index in [9.17, 15) is 4.79 Å². The number of hydrogen-bond donors (Lipinski definition) is 1. The molecule has 1 aliphatic heterocycles. The van der Waals surface area contributed by atoms with E-state index in [2.05, 4.69) is 22.2 Å². The molecule has 0 aliphatic carbocycles. The van der Waals surface area contributed by atoms with Gasteiger partial charge in [0.1, 0.15) is 6.10 Å². The van der Waals surface area contributed by atoms with Crippen molar-refractivity contribution in [1.82, 2.24) is 14.9 Å². The fraction of sp³-hybridized carbons (Fsp3) is 0.421. The van der Waals surface area contributed by atoms with E-state index in [1.807, 2.05) is 31.2 Å². The average molecular weight is 340 g/mol. The van der Waals surface area contributed by atoms with Crippen LogP contribution < -0.4 is 10.1 Å². The minimum atomic E-state index is -0.0927. The summed E-state index contributed by atoms with van der Waals surface area (Å²) in [6.07, 6.45) is 6.19. The molecule has 0 bridgehead atoms. The van der Waals surface area contributed by atoms with Crippen molar-refractivity contribution in [1.29, 1.82) is 0 Å². The number of aromatic nitrogens is 2. The third kappa shape index (κ3) is 4.47. The lowest BCUT2D eigenvalue weighted by Gasteiger charge is -2.32. The molecule has 6 heteroatoms. The van der Waals surface area contributed by atoms with Crippen LogP contribution in [0.4, 0.5) is 10.5 Å². The van der Waals surface area contributed by atoms with Crippen LogP contribution in [0, 0.1) is 6.92 Å². The number of hydrogen-bond acceptors (Lipinski definition) is 4. The summed E-state index contributed by atoms with van der Waals surface area (Å²) in [6.45, 7) is 5.31. The molecule has 25 heavy (non-hydrogen) atoms. The molecule has 0 spiro atoms. The smallest absolute Gasteiger partial charge is 0.321 e. The molecule has 1 fully saturated rings. The van der Waals surface area contributed by atoms with Gasteiger partial charge in [-0.25, -0.2) is 14.8 Å². The Bertz CT molecular complexity index is 718. The molecule has 1 aromatic carbocycles. The van der Waals surface area contributed by atoms with Gasteiger partial charge in [-0.3, -0.25) is 0 Å². The Labute approximate surface area is 148 Å². The van der Waals surface area contributed by atoms with Crippen LogP contribution in [0.5, 0.6) is 6.01 Å². The predicted molar refractivity (Wildman–Crippen MR) is 96.8 cm³/mol. The van der Waals surface area contributed by atoms with Gasteiger partial charge in [0, 0.05) is 24.6 Å². The molecule has 2 amide bonds. The number of aryl methyl sites for hydroxylation is 2. The Kier molecular flexibility index (Phi) is 5.48. The Morgan fingerprint density at radius 3 is 2.80 bits per heavy atom. The normalized spacial score (nSPS) is 17.2. The van der Waals surface area contributed by atoms with E-state index in [1.54, 1.807) is 17.3 Å². The predicted octanol–water partition coefficient (Wildman–Crippen LogP) is 3.42. The lowest BCUT2D eigenvalue weighted by Crippen LogP contribution is -2.46. The number of amides is 2. The molecule has 1 unspecified atom stereocenters. The Morgan fingerprint density at radius 2 is 2.08 bits per heavy atom. The van der Waals surface area contributed by atoms with E-state index in [-0.39, 0.29) is 12.1 Å². The van der Waals surface area contributed by atoms with Gasteiger partial charge >= 0.3 is 12.0 Å². The van der Waals surface area contributed by atoms with Crippen LogP contribution in [0.2, 0.25) is 0 Å². The largest absolute Gasteiger partial charge is 0.458 e. The maximum Gasteiger partial charge on any atom is 0.321 e. The summed E-state index contributed by atoms with van der Waals surface area (Å²) in [4.78, 5) is 22.8. The summed E-state index contributed by atoms with van der Waals surface area (Å²) in [5, 5.41) is 2.98. The van der Waals surface area contributed by atoms with E-state index in [4.69, 9.17) is 4.74 Å². The van der Waals surface area contributed by atoms with E-state index in [0.717, 1.165) is 42.6 Å². The number of urea groups is 1. The number of carbonyl (C=O) groups is 1. The fourth-order valence-corrected chi connectivity index (χ4v) is 2.86. The van der Waals surface area contributed by atoms with Crippen molar-refractivity contribution < 1.29 is 9.53 Å². The van der Waals surface area contributed by atoms with E-state index < -0.39 is 0 Å². The lowest BCUT2D eigenvalue weighted by molar-refractivity contribution is 0.0982. The molecule has 1 saturated heterocycles. The van der Waals surface area contributed by atoms with Gasteiger partial charge in [-0.2, -0.15) is 0 Å². The molecule has 0 saturated carbocycles. The number of rotatable bonds is 4. The highest BCUT2D eigenvalue weighted by Crippen LogP contribution is 2.18. The summed E-state index contributed by atoms with van der Waals surface area (Å²) in [7, 11) is 0. The highest BCUT2D eigenvalue weighted by molar-refractivity contribution is 5.90. The van der Waals surface area contributed by atoms with Crippen LogP contribution in [-0.4, -0.2) is 40.1 Å². The minimum Gasteiger partial charge on any atom is -0.458 e. The fourth-order valence-electron chi connectivity index (χ4n) is 2.86. The molecule has 0 radical (unpaired) electrons. The molecular formula is C19H24N4O2. The zero-order valence-electron chi connectivity index (χ0n) is 14.7. The molecule has 3 rings (SSSR count). The first kappa shape index (κ1) is 17.2. The monoisotopic (exact) mass is 340 g/mol. The van der Waals surface area contributed by atoms with Crippen LogP contribution >= 0.6 is 0 Å². The average Bonchev–Trinajstić information content (AvgIpc) is 2.64. The second-order valence-corrected chi connectivity index (χ2v) is 6.30. The number of nitrogens with zero attached hydrogens (tertiary/aromatic N) is 3. The minimum absolute atomic E-state index is 0.0798. The number of benzene rings is 1. The second-order valence-electron chi connectivity index (χ2n) is 6.30. The summed E-state index contributed by atoms with van der Waals surface area (Å²) in [6, 6.07) is 8.05. The van der Waals surface area contributed by atoms with Crippen molar-refractivity contribution in [2.24, 2.45) is 0 Å². The van der Waals surface area contributed by atoms with Crippen LogP contribution in [0.25, 0.3) is 0 Å². The second kappa shape index (κ2) is 7.96. The van der Waals surface area contributed by atoms with Crippen LogP contribution in [0.1, 0.15) is 30.9 Å². The molecular weight excluding hydrogens is 316 g/mol. The maximum atomic E-state index is 12.5. The van der Waals surface area contributed by atoms with Crippen molar-refractivity contribution in [2.45, 2.75) is 39.2 Å². The molecule has 1 aliphatic rings. The maximum absolute atomic E-state index is 12.5. The quantitative estimate of drug-likeness (QED) is 0.926. The lowest BCUT2D eigenvalue weighted by atomic mass is 10.1. The van der Waals surface area contributed by atoms with Gasteiger partial charge in [0.05, 0.1) is 6.54 Å². The van der Waals surface area contributed by atoms with Gasteiger partial charge < -0.3 is 15.0 Å². The van der Waals surface area contributed by atoms with Crippen LogP contribution in [0.15, 0.2) is 36.7 Å². The Balaban J connectivity index is 1.58. The highest BCUT2D eigenvalue weighted by atomic mass is 16.5. The number of nitrogens with one attached hydrogen (secondary N) is 1. The summed E-state index contributed by atoms with van der Waals surface area (Å²) < 4.78 is 5.87. The first-order chi connectivity index (χ1) is 12.2.